The van der Waals surface area contributed by atoms with E-state index in [2.05, 4.69) is 4.98 Å². The Labute approximate surface area is 162 Å². The second-order valence-electron chi connectivity index (χ2n) is 6.68. The van der Waals surface area contributed by atoms with Gasteiger partial charge in [-0.25, -0.2) is 9.78 Å². The van der Waals surface area contributed by atoms with Crippen LogP contribution in [0.5, 0.6) is 0 Å². The number of hydrogen-bond donors (Lipinski definition) is 2. The van der Waals surface area contributed by atoms with Gasteiger partial charge in [0.25, 0.3) is 5.91 Å². The molecule has 0 radical (unpaired) electrons. The average molecular weight is 403 g/mol. The molecule has 1 aromatic heterocycles. The van der Waals surface area contributed by atoms with Gasteiger partial charge in [0.15, 0.2) is 5.60 Å². The summed E-state index contributed by atoms with van der Waals surface area (Å²) in [5.74, 6) is -2.78. The predicted molar refractivity (Wildman–Crippen MR) is 96.6 cm³/mol. The van der Waals surface area contributed by atoms with Crippen molar-refractivity contribution in [1.82, 2.24) is 4.98 Å². The first-order valence-corrected chi connectivity index (χ1v) is 8.02. The van der Waals surface area contributed by atoms with Crippen LogP contribution in [0, 0.1) is 0 Å². The second kappa shape index (κ2) is 8.20. The van der Waals surface area contributed by atoms with Gasteiger partial charge in [-0.2, -0.15) is 0 Å². The topological polar surface area (TPSA) is 126 Å². The first-order valence-electron chi connectivity index (χ1n) is 8.02. The molecule has 2 N–H and O–H groups in total. The van der Waals surface area contributed by atoms with Gasteiger partial charge in [-0.15, -0.1) is 12.4 Å². The largest absolute Gasteiger partial charge is 0.478 e. The van der Waals surface area contributed by atoms with Crippen LogP contribution in [0.1, 0.15) is 33.4 Å². The van der Waals surface area contributed by atoms with E-state index < -0.39 is 35.2 Å². The standard InChI is InChI=1S/C17H22N2O7.ClH/c1-10(20)26-13(14(21)22)17(4)15(23)19(8-9-25-17)12-7-5-6-11(18-12)16(2,3)24;/h5-7,13,24H,8-9H2,1-4H3,(H,21,22);1H/t13-,17?;/m0./s1. The van der Waals surface area contributed by atoms with E-state index in [0.717, 1.165) is 6.92 Å². The Hall–Kier alpha value is -2.23. The summed E-state index contributed by atoms with van der Waals surface area (Å²) in [5, 5.41) is 19.5. The van der Waals surface area contributed by atoms with Gasteiger partial charge < -0.3 is 19.7 Å². The van der Waals surface area contributed by atoms with Gasteiger partial charge in [-0.05, 0) is 32.9 Å². The number of hydrogen-bond acceptors (Lipinski definition) is 7. The van der Waals surface area contributed by atoms with Crippen LogP contribution in [-0.2, 0) is 29.5 Å². The molecular weight excluding hydrogens is 380 g/mol. The zero-order chi connectivity index (χ0) is 19.7. The lowest BCUT2D eigenvalue weighted by Gasteiger charge is -2.41. The van der Waals surface area contributed by atoms with E-state index in [1.807, 2.05) is 0 Å². The lowest BCUT2D eigenvalue weighted by atomic mass is 9.95. The number of nitrogens with zero attached hydrogens (tertiary/aromatic N) is 2. The van der Waals surface area contributed by atoms with Crippen molar-refractivity contribution in [3.63, 3.8) is 0 Å². The molecule has 1 aliphatic rings. The Kier molecular flexibility index (Phi) is 6.93. The fourth-order valence-electron chi connectivity index (χ4n) is 2.67. The molecule has 1 saturated heterocycles. The molecule has 27 heavy (non-hydrogen) atoms. The Morgan fingerprint density at radius 3 is 2.56 bits per heavy atom. The summed E-state index contributed by atoms with van der Waals surface area (Å²) in [6.45, 7) is 5.61. The third-order valence-electron chi connectivity index (χ3n) is 4.03. The molecule has 2 heterocycles. The van der Waals surface area contributed by atoms with Gasteiger partial charge in [-0.1, -0.05) is 6.07 Å². The molecule has 1 aliphatic heterocycles. The maximum Gasteiger partial charge on any atom is 0.348 e. The number of morpholine rings is 1. The minimum Gasteiger partial charge on any atom is -0.478 e. The van der Waals surface area contributed by atoms with E-state index in [9.17, 15) is 24.6 Å². The smallest absolute Gasteiger partial charge is 0.348 e. The van der Waals surface area contributed by atoms with E-state index >= 15 is 0 Å². The monoisotopic (exact) mass is 402 g/mol. The first-order chi connectivity index (χ1) is 12.0. The van der Waals surface area contributed by atoms with Gasteiger partial charge >= 0.3 is 11.9 Å². The molecule has 0 aliphatic carbocycles. The number of aromatic nitrogens is 1. The van der Waals surface area contributed by atoms with Gasteiger partial charge in [0.05, 0.1) is 18.8 Å². The third-order valence-corrected chi connectivity index (χ3v) is 4.03. The molecule has 1 fully saturated rings. The van der Waals surface area contributed by atoms with E-state index in [0.29, 0.717) is 5.69 Å². The number of aliphatic hydroxyl groups is 1. The van der Waals surface area contributed by atoms with Crippen molar-refractivity contribution >= 4 is 36.1 Å². The van der Waals surface area contributed by atoms with Crippen molar-refractivity contribution in [3.8, 4) is 0 Å². The summed E-state index contributed by atoms with van der Waals surface area (Å²) in [5.41, 5.74) is -2.76. The number of pyridine rings is 1. The lowest BCUT2D eigenvalue weighted by molar-refractivity contribution is -0.193. The number of carbonyl (C=O) groups is 3. The van der Waals surface area contributed by atoms with Crippen LogP contribution in [0.15, 0.2) is 18.2 Å². The summed E-state index contributed by atoms with van der Waals surface area (Å²) >= 11 is 0. The van der Waals surface area contributed by atoms with Crippen molar-refractivity contribution in [2.45, 2.75) is 45.0 Å². The second-order valence-corrected chi connectivity index (χ2v) is 6.68. The minimum atomic E-state index is -1.90. The Morgan fingerprint density at radius 2 is 2.04 bits per heavy atom. The van der Waals surface area contributed by atoms with E-state index in [4.69, 9.17) is 9.47 Å². The van der Waals surface area contributed by atoms with Gasteiger partial charge in [0.2, 0.25) is 6.10 Å². The molecule has 10 heteroatoms. The maximum atomic E-state index is 13.0. The van der Waals surface area contributed by atoms with Crippen LogP contribution in [0.2, 0.25) is 0 Å². The summed E-state index contributed by atoms with van der Waals surface area (Å²) in [4.78, 5) is 41.3. The lowest BCUT2D eigenvalue weighted by Crippen LogP contribution is -2.64. The SMILES string of the molecule is CC(=O)O[C@@H](C(=O)O)C1(C)OCCN(c2cccc(C(C)(C)O)n2)C1=O.Cl. The molecule has 2 rings (SSSR count). The van der Waals surface area contributed by atoms with Crippen LogP contribution < -0.4 is 4.90 Å². The van der Waals surface area contributed by atoms with Crippen molar-refractivity contribution in [1.29, 1.82) is 0 Å². The quantitative estimate of drug-likeness (QED) is 0.694. The number of halogens is 1. The predicted octanol–water partition coefficient (Wildman–Crippen LogP) is 0.869. The molecule has 0 spiro atoms. The molecule has 150 valence electrons. The first kappa shape index (κ1) is 22.8. The highest BCUT2D eigenvalue weighted by molar-refractivity contribution is 6.03. The fourth-order valence-corrected chi connectivity index (χ4v) is 2.67. The van der Waals surface area contributed by atoms with Crippen molar-refractivity contribution < 1.29 is 34.1 Å². The number of rotatable bonds is 5. The van der Waals surface area contributed by atoms with E-state index in [1.165, 1.54) is 11.8 Å². The summed E-state index contributed by atoms with van der Waals surface area (Å²) in [7, 11) is 0. The molecule has 1 unspecified atom stereocenters. The third kappa shape index (κ3) is 4.74. The van der Waals surface area contributed by atoms with E-state index in [-0.39, 0.29) is 31.4 Å². The number of aliphatic carboxylic acids is 1. The van der Waals surface area contributed by atoms with Crippen LogP contribution in [0.25, 0.3) is 0 Å². The van der Waals surface area contributed by atoms with Gasteiger partial charge in [0, 0.05) is 6.92 Å². The Balaban J connectivity index is 0.00000364. The minimum absolute atomic E-state index is 0. The number of carboxylic acids is 1. The summed E-state index contributed by atoms with van der Waals surface area (Å²) < 4.78 is 10.2. The summed E-state index contributed by atoms with van der Waals surface area (Å²) in [6, 6.07) is 4.82. The maximum absolute atomic E-state index is 13.0. The number of carboxylic acid groups (broad SMARTS) is 1. The number of amides is 1. The normalized spacial score (nSPS) is 21.2. The van der Waals surface area contributed by atoms with Crippen LogP contribution in [0.4, 0.5) is 5.82 Å². The zero-order valence-corrected chi connectivity index (χ0v) is 16.3. The highest BCUT2D eigenvalue weighted by atomic mass is 35.5. The van der Waals surface area contributed by atoms with Crippen molar-refractivity contribution in [2.75, 3.05) is 18.1 Å². The molecule has 0 bridgehead atoms. The Bertz CT molecular complexity index is 734. The van der Waals surface area contributed by atoms with Crippen LogP contribution in [0.3, 0.4) is 0 Å². The van der Waals surface area contributed by atoms with Gasteiger partial charge in [-0.3, -0.25) is 14.5 Å². The average Bonchev–Trinajstić information content (AvgIpc) is 2.54. The molecule has 2 atom stereocenters. The summed E-state index contributed by atoms with van der Waals surface area (Å²) in [6.07, 6.45) is -1.80. The van der Waals surface area contributed by atoms with Crippen molar-refractivity contribution in [2.24, 2.45) is 0 Å². The van der Waals surface area contributed by atoms with Crippen LogP contribution in [-0.4, -0.2) is 57.9 Å². The van der Waals surface area contributed by atoms with Crippen molar-refractivity contribution in [3.05, 3.63) is 23.9 Å². The van der Waals surface area contributed by atoms with E-state index in [1.54, 1.807) is 32.0 Å². The Morgan fingerprint density at radius 1 is 1.41 bits per heavy atom. The van der Waals surface area contributed by atoms with Gasteiger partial charge in [0.1, 0.15) is 11.4 Å². The molecule has 0 saturated carbocycles. The molecule has 1 aromatic rings. The highest BCUT2D eigenvalue weighted by Crippen LogP contribution is 2.29. The molecule has 1 amide bonds. The number of ether oxygens (including phenoxy) is 2. The zero-order valence-electron chi connectivity index (χ0n) is 15.5. The molecule has 0 aromatic carbocycles. The fraction of sp³-hybridized carbons (Fsp3) is 0.529. The molecule has 9 nitrogen and oxygen atoms in total. The number of carbonyl (C=O) groups excluding carboxylic acids is 2. The number of esters is 1. The van der Waals surface area contributed by atoms with Crippen LogP contribution >= 0.6 is 12.4 Å². The number of anilines is 1. The molecular formula is C17H23ClN2O7. The highest BCUT2D eigenvalue weighted by Gasteiger charge is 2.53.